The summed E-state index contributed by atoms with van der Waals surface area (Å²) in [4.78, 5) is 31.3. The third kappa shape index (κ3) is 2.45. The van der Waals surface area contributed by atoms with Gasteiger partial charge in [0.1, 0.15) is 0 Å². The summed E-state index contributed by atoms with van der Waals surface area (Å²) in [5.74, 6) is -1.14. The molecular formula is C20H23NO4. The summed E-state index contributed by atoms with van der Waals surface area (Å²) in [5, 5.41) is 0. The Labute approximate surface area is 147 Å². The van der Waals surface area contributed by atoms with Crippen molar-refractivity contribution in [3.05, 3.63) is 48.0 Å². The number of aliphatic imine (C=N–C) groups is 1. The molecule has 1 aliphatic heterocycles. The van der Waals surface area contributed by atoms with Crippen molar-refractivity contribution in [2.24, 2.45) is 16.3 Å². The van der Waals surface area contributed by atoms with Gasteiger partial charge in [0.25, 0.3) is 0 Å². The maximum absolute atomic E-state index is 13.6. The number of Topliss-reactive ketones (excluding diaryl/α,β-unsaturated/α-hetero) is 1. The van der Waals surface area contributed by atoms with Crippen LogP contribution in [0.3, 0.4) is 0 Å². The van der Waals surface area contributed by atoms with Gasteiger partial charge in [0.15, 0.2) is 5.41 Å². The van der Waals surface area contributed by atoms with E-state index in [4.69, 9.17) is 14.5 Å². The zero-order chi connectivity index (χ0) is 18.1. The van der Waals surface area contributed by atoms with Crippen LogP contribution in [0, 0.1) is 11.3 Å². The van der Waals surface area contributed by atoms with Gasteiger partial charge in [-0.3, -0.25) is 9.59 Å². The minimum absolute atomic E-state index is 0.205. The summed E-state index contributed by atoms with van der Waals surface area (Å²) in [7, 11) is 0. The quantitative estimate of drug-likeness (QED) is 0.469. The molecule has 0 amide bonds. The highest BCUT2D eigenvalue weighted by atomic mass is 16.5. The molecule has 5 nitrogen and oxygen atoms in total. The monoisotopic (exact) mass is 341 g/mol. The van der Waals surface area contributed by atoms with Crippen molar-refractivity contribution >= 4 is 17.5 Å². The van der Waals surface area contributed by atoms with Crippen molar-refractivity contribution in [2.45, 2.75) is 32.9 Å². The third-order valence-electron chi connectivity index (χ3n) is 4.90. The maximum atomic E-state index is 13.6. The van der Waals surface area contributed by atoms with Crippen LogP contribution in [-0.2, 0) is 19.1 Å². The fraction of sp³-hybridized carbons (Fsp3) is 0.450. The Bertz CT molecular complexity index is 739. The molecular weight excluding hydrogens is 318 g/mol. The predicted molar refractivity (Wildman–Crippen MR) is 94.3 cm³/mol. The summed E-state index contributed by atoms with van der Waals surface area (Å²) in [6.45, 7) is 5.98. The van der Waals surface area contributed by atoms with Gasteiger partial charge in [-0.1, -0.05) is 49.4 Å². The largest absolute Gasteiger partial charge is 0.465 e. The first-order valence-corrected chi connectivity index (χ1v) is 8.71. The zero-order valence-corrected chi connectivity index (χ0v) is 14.8. The molecule has 0 radical (unpaired) electrons. The molecule has 0 aromatic heterocycles. The Kier molecular flexibility index (Phi) is 4.60. The normalized spacial score (nSPS) is 30.8. The lowest BCUT2D eigenvalue weighted by Gasteiger charge is -2.31. The highest BCUT2D eigenvalue weighted by Crippen LogP contribution is 2.48. The topological polar surface area (TPSA) is 65.0 Å². The number of rotatable bonds is 5. The van der Waals surface area contributed by atoms with Crippen LogP contribution in [-0.4, -0.2) is 36.4 Å². The molecule has 2 bridgehead atoms. The molecule has 0 unspecified atom stereocenters. The van der Waals surface area contributed by atoms with Crippen molar-refractivity contribution in [1.82, 2.24) is 0 Å². The van der Waals surface area contributed by atoms with E-state index >= 15 is 0 Å². The van der Waals surface area contributed by atoms with E-state index in [1.165, 1.54) is 0 Å². The van der Waals surface area contributed by atoms with E-state index in [1.54, 1.807) is 6.92 Å². The molecule has 0 saturated carbocycles. The fourth-order valence-electron chi connectivity index (χ4n) is 3.69. The smallest absolute Gasteiger partial charge is 0.326 e. The standard InChI is InChI=1S/C20H23NO4/c1-4-24-18(23)19-13-9-10-14(3)20(17(19)22,25-5-2)21-16(19)15-11-7-6-8-12-15/h6-12,14H,4-5,13H2,1-3H3/t14-,19+,20+/m0/s1. The number of hydrogen-bond donors (Lipinski definition) is 0. The second kappa shape index (κ2) is 6.56. The fourth-order valence-corrected chi connectivity index (χ4v) is 3.69. The second-order valence-electron chi connectivity index (χ2n) is 6.33. The van der Waals surface area contributed by atoms with Gasteiger partial charge < -0.3 is 9.47 Å². The average molecular weight is 341 g/mol. The number of hydrogen-bond acceptors (Lipinski definition) is 5. The van der Waals surface area contributed by atoms with Crippen LogP contribution < -0.4 is 0 Å². The lowest BCUT2D eigenvalue weighted by Crippen LogP contribution is -2.52. The molecule has 0 saturated heterocycles. The van der Waals surface area contributed by atoms with E-state index in [2.05, 4.69) is 0 Å². The van der Waals surface area contributed by atoms with Crippen molar-refractivity contribution in [1.29, 1.82) is 0 Å². The summed E-state index contributed by atoms with van der Waals surface area (Å²) < 4.78 is 11.2. The first kappa shape index (κ1) is 17.5. The summed E-state index contributed by atoms with van der Waals surface area (Å²) in [6.07, 6.45) is 4.01. The van der Waals surface area contributed by atoms with Crippen molar-refractivity contribution < 1.29 is 19.1 Å². The van der Waals surface area contributed by atoms with Crippen molar-refractivity contribution in [3.63, 3.8) is 0 Å². The van der Waals surface area contributed by atoms with Gasteiger partial charge in [0.2, 0.25) is 11.5 Å². The van der Waals surface area contributed by atoms with Crippen LogP contribution in [0.15, 0.2) is 47.5 Å². The molecule has 0 N–H and O–H groups in total. The number of fused-ring (bicyclic) bond motifs is 2. The van der Waals surface area contributed by atoms with Crippen LogP contribution in [0.25, 0.3) is 0 Å². The van der Waals surface area contributed by atoms with E-state index in [0.717, 1.165) is 5.56 Å². The number of benzene rings is 1. The zero-order valence-electron chi connectivity index (χ0n) is 14.8. The Morgan fingerprint density at radius 1 is 1.24 bits per heavy atom. The van der Waals surface area contributed by atoms with Crippen LogP contribution in [0.4, 0.5) is 0 Å². The van der Waals surface area contributed by atoms with Crippen LogP contribution >= 0.6 is 0 Å². The molecule has 0 fully saturated rings. The predicted octanol–water partition coefficient (Wildman–Crippen LogP) is 2.94. The van der Waals surface area contributed by atoms with Gasteiger partial charge in [0, 0.05) is 12.5 Å². The number of carbonyl (C=O) groups is 2. The summed E-state index contributed by atoms with van der Waals surface area (Å²) in [6, 6.07) is 9.33. The van der Waals surface area contributed by atoms with Crippen LogP contribution in [0.5, 0.6) is 0 Å². The van der Waals surface area contributed by atoms with Crippen molar-refractivity contribution in [2.75, 3.05) is 13.2 Å². The number of ketones is 1. The number of nitrogens with zero attached hydrogens (tertiary/aromatic N) is 1. The SMILES string of the molecule is CCOC(=O)[C@]12CC=C[C@H](C)[C@](OCC)(N=C1c1ccccc1)C2=O. The Hall–Kier alpha value is -2.27. The van der Waals surface area contributed by atoms with Gasteiger partial charge in [-0.05, 0) is 25.8 Å². The summed E-state index contributed by atoms with van der Waals surface area (Å²) in [5.41, 5.74) is -1.64. The summed E-state index contributed by atoms with van der Waals surface area (Å²) >= 11 is 0. The molecule has 1 aromatic carbocycles. The number of esters is 1. The Morgan fingerprint density at radius 2 is 1.96 bits per heavy atom. The van der Waals surface area contributed by atoms with Gasteiger partial charge >= 0.3 is 5.97 Å². The van der Waals surface area contributed by atoms with E-state index in [9.17, 15) is 9.59 Å². The van der Waals surface area contributed by atoms with Gasteiger partial charge in [-0.2, -0.15) is 0 Å². The number of carbonyl (C=O) groups excluding carboxylic acids is 2. The number of ether oxygens (including phenoxy) is 2. The molecule has 1 aromatic rings. The molecule has 132 valence electrons. The molecule has 1 aliphatic carbocycles. The lowest BCUT2D eigenvalue weighted by molar-refractivity contribution is -0.164. The van der Waals surface area contributed by atoms with Crippen LogP contribution in [0.2, 0.25) is 0 Å². The van der Waals surface area contributed by atoms with E-state index < -0.39 is 17.1 Å². The molecule has 1 heterocycles. The van der Waals surface area contributed by atoms with Gasteiger partial charge in [-0.15, -0.1) is 0 Å². The highest BCUT2D eigenvalue weighted by Gasteiger charge is 2.66. The molecule has 25 heavy (non-hydrogen) atoms. The van der Waals surface area contributed by atoms with E-state index in [-0.39, 0.29) is 24.7 Å². The highest BCUT2D eigenvalue weighted by molar-refractivity contribution is 6.34. The van der Waals surface area contributed by atoms with E-state index in [0.29, 0.717) is 12.3 Å². The van der Waals surface area contributed by atoms with Crippen molar-refractivity contribution in [3.8, 4) is 0 Å². The van der Waals surface area contributed by atoms with Gasteiger partial charge in [0.05, 0.1) is 12.3 Å². The maximum Gasteiger partial charge on any atom is 0.326 e. The minimum Gasteiger partial charge on any atom is -0.465 e. The first-order chi connectivity index (χ1) is 12.0. The molecule has 5 heteroatoms. The molecule has 0 spiro atoms. The Morgan fingerprint density at radius 3 is 2.60 bits per heavy atom. The molecule has 2 aliphatic rings. The molecule has 3 atom stereocenters. The lowest BCUT2D eigenvalue weighted by atomic mass is 9.73. The Balaban J connectivity index is 2.26. The van der Waals surface area contributed by atoms with Crippen LogP contribution in [0.1, 0.15) is 32.8 Å². The number of allylic oxidation sites excluding steroid dienone is 1. The minimum atomic E-state index is -1.45. The third-order valence-corrected chi connectivity index (χ3v) is 4.90. The van der Waals surface area contributed by atoms with Gasteiger partial charge in [-0.25, -0.2) is 4.99 Å². The van der Waals surface area contributed by atoms with E-state index in [1.807, 2.05) is 56.3 Å². The second-order valence-corrected chi connectivity index (χ2v) is 6.33. The average Bonchev–Trinajstić information content (AvgIpc) is 2.81. The first-order valence-electron chi connectivity index (χ1n) is 8.71. The molecule has 3 rings (SSSR count).